The van der Waals surface area contributed by atoms with Crippen molar-refractivity contribution in [2.45, 2.75) is 32.0 Å². The number of furan rings is 1. The smallest absolute Gasteiger partial charge is 0.234 e. The summed E-state index contributed by atoms with van der Waals surface area (Å²) in [6.07, 6.45) is 2.39. The summed E-state index contributed by atoms with van der Waals surface area (Å²) < 4.78 is 7.53. The Morgan fingerprint density at radius 2 is 1.81 bits per heavy atom. The Hall–Kier alpha value is -3.32. The molecule has 2 aromatic carbocycles. The fourth-order valence-electron chi connectivity index (χ4n) is 3.44. The molecule has 0 aliphatic heterocycles. The van der Waals surface area contributed by atoms with Gasteiger partial charge in [-0.15, -0.1) is 10.2 Å². The summed E-state index contributed by atoms with van der Waals surface area (Å²) in [7, 11) is 0. The van der Waals surface area contributed by atoms with E-state index in [4.69, 9.17) is 4.42 Å². The molecule has 0 atom stereocenters. The number of carbonyl (C=O) groups excluding carboxylic acids is 1. The molecule has 0 saturated carbocycles. The molecule has 0 saturated heterocycles. The van der Waals surface area contributed by atoms with E-state index in [1.807, 2.05) is 59.2 Å². The van der Waals surface area contributed by atoms with Gasteiger partial charge < -0.3 is 9.73 Å². The summed E-state index contributed by atoms with van der Waals surface area (Å²) in [4.78, 5) is 12.8. The maximum Gasteiger partial charge on any atom is 0.234 e. The molecule has 0 unspecified atom stereocenters. The first-order valence-corrected chi connectivity index (χ1v) is 11.6. The van der Waals surface area contributed by atoms with E-state index >= 15 is 0 Å². The van der Waals surface area contributed by atoms with Crippen LogP contribution in [0.3, 0.4) is 0 Å². The largest absolute Gasteiger partial charge is 0.461 e. The second-order valence-corrected chi connectivity index (χ2v) is 8.89. The minimum Gasteiger partial charge on any atom is -0.461 e. The van der Waals surface area contributed by atoms with Crippen molar-refractivity contribution < 1.29 is 9.21 Å². The molecule has 6 nitrogen and oxygen atoms in total. The van der Waals surface area contributed by atoms with Gasteiger partial charge in [0.15, 0.2) is 16.7 Å². The molecule has 1 N–H and O–H groups in total. The van der Waals surface area contributed by atoms with E-state index in [9.17, 15) is 4.79 Å². The Bertz CT molecular complexity index is 1150. The number of aromatic nitrogens is 3. The lowest BCUT2D eigenvalue weighted by atomic mass is 10.0. The van der Waals surface area contributed by atoms with Gasteiger partial charge in [0.2, 0.25) is 5.91 Å². The summed E-state index contributed by atoms with van der Waals surface area (Å²) in [6, 6.07) is 21.8. The van der Waals surface area contributed by atoms with Crippen LogP contribution in [0.4, 0.5) is 5.69 Å². The molecule has 32 heavy (non-hydrogen) atoms. The second-order valence-electron chi connectivity index (χ2n) is 7.94. The molecular formula is C25H26N4O2S. The number of hydrogen-bond donors (Lipinski definition) is 1. The molecule has 0 fully saturated rings. The van der Waals surface area contributed by atoms with Gasteiger partial charge in [-0.25, -0.2) is 0 Å². The van der Waals surface area contributed by atoms with Gasteiger partial charge in [-0.1, -0.05) is 74.1 Å². The number of nitrogens with zero attached hydrogens (tertiary/aromatic N) is 3. The Morgan fingerprint density at radius 1 is 1.03 bits per heavy atom. The normalized spacial score (nSPS) is 11.1. The zero-order valence-electron chi connectivity index (χ0n) is 18.2. The molecule has 0 aliphatic rings. The predicted octanol–water partition coefficient (Wildman–Crippen LogP) is 5.52. The number of benzene rings is 2. The number of rotatable bonds is 9. The number of thioether (sulfide) groups is 1. The van der Waals surface area contributed by atoms with Crippen LogP contribution in [0, 0.1) is 5.92 Å². The summed E-state index contributed by atoms with van der Waals surface area (Å²) >= 11 is 1.38. The molecular weight excluding hydrogens is 420 g/mol. The first-order valence-electron chi connectivity index (χ1n) is 10.6. The third-order valence-corrected chi connectivity index (χ3v) is 5.83. The highest BCUT2D eigenvalue weighted by atomic mass is 32.2. The quantitative estimate of drug-likeness (QED) is 0.343. The minimum atomic E-state index is -0.0749. The number of para-hydroxylation sites is 1. The Labute approximate surface area is 192 Å². The molecule has 0 aliphatic carbocycles. The molecule has 4 rings (SSSR count). The lowest BCUT2D eigenvalue weighted by Crippen LogP contribution is -2.16. The van der Waals surface area contributed by atoms with Gasteiger partial charge in [-0.3, -0.25) is 9.36 Å². The zero-order valence-corrected chi connectivity index (χ0v) is 19.0. The first kappa shape index (κ1) is 21.9. The van der Waals surface area contributed by atoms with Gasteiger partial charge >= 0.3 is 0 Å². The van der Waals surface area contributed by atoms with Crippen molar-refractivity contribution in [3.05, 3.63) is 84.1 Å². The topological polar surface area (TPSA) is 73.0 Å². The van der Waals surface area contributed by atoms with Crippen LogP contribution in [-0.2, 0) is 17.8 Å². The van der Waals surface area contributed by atoms with Crippen molar-refractivity contribution in [3.8, 4) is 11.6 Å². The average molecular weight is 447 g/mol. The fraction of sp³-hybridized carbons (Fsp3) is 0.240. The number of anilines is 1. The van der Waals surface area contributed by atoms with Crippen molar-refractivity contribution >= 4 is 23.4 Å². The Morgan fingerprint density at radius 3 is 2.56 bits per heavy atom. The summed E-state index contributed by atoms with van der Waals surface area (Å²) in [6.45, 7) is 5.01. The summed E-state index contributed by atoms with van der Waals surface area (Å²) in [5, 5.41) is 12.4. The van der Waals surface area contributed by atoms with Crippen LogP contribution >= 0.6 is 11.8 Å². The van der Waals surface area contributed by atoms with Gasteiger partial charge in [0.25, 0.3) is 0 Å². The molecule has 7 heteroatoms. The van der Waals surface area contributed by atoms with Crippen LogP contribution in [0.15, 0.2) is 82.6 Å². The average Bonchev–Trinajstić information content (AvgIpc) is 3.44. The molecule has 164 valence electrons. The molecule has 1 amide bonds. The van der Waals surface area contributed by atoms with E-state index in [-0.39, 0.29) is 11.7 Å². The van der Waals surface area contributed by atoms with E-state index in [1.165, 1.54) is 17.3 Å². The molecule has 0 radical (unpaired) electrons. The summed E-state index contributed by atoms with van der Waals surface area (Å²) in [5.41, 5.74) is 3.12. The summed E-state index contributed by atoms with van der Waals surface area (Å²) in [5.74, 6) is 1.92. The monoisotopic (exact) mass is 446 g/mol. The van der Waals surface area contributed by atoms with Crippen molar-refractivity contribution in [1.29, 1.82) is 0 Å². The molecule has 0 spiro atoms. The van der Waals surface area contributed by atoms with Gasteiger partial charge in [-0.2, -0.15) is 0 Å². The van der Waals surface area contributed by atoms with Crippen molar-refractivity contribution in [2.75, 3.05) is 11.1 Å². The van der Waals surface area contributed by atoms with Crippen LogP contribution in [0.1, 0.15) is 25.0 Å². The van der Waals surface area contributed by atoms with E-state index < -0.39 is 0 Å². The van der Waals surface area contributed by atoms with Crippen molar-refractivity contribution in [1.82, 2.24) is 14.8 Å². The number of amides is 1. The third kappa shape index (κ3) is 5.48. The number of carbonyl (C=O) groups is 1. The van der Waals surface area contributed by atoms with Gasteiger partial charge in [0.05, 0.1) is 12.0 Å². The lowest BCUT2D eigenvalue weighted by Gasteiger charge is -2.13. The number of nitrogens with one attached hydrogen (secondary N) is 1. The highest BCUT2D eigenvalue weighted by Crippen LogP contribution is 2.26. The SMILES string of the molecule is CC(C)Cn1c(SCC(=O)Nc2ccccc2Cc2ccccc2)nnc1-c1ccco1. The highest BCUT2D eigenvalue weighted by Gasteiger charge is 2.18. The standard InChI is InChI=1S/C25H26N4O2S/c1-18(2)16-29-24(22-13-8-14-31-22)27-28-25(29)32-17-23(30)26-21-12-7-6-11-20(21)15-19-9-4-3-5-10-19/h3-14,18H,15-17H2,1-2H3,(H,26,30). The molecule has 2 heterocycles. The van der Waals surface area contributed by atoms with Crippen molar-refractivity contribution in [2.24, 2.45) is 5.92 Å². The molecule has 0 bridgehead atoms. The van der Waals surface area contributed by atoms with E-state index in [1.54, 1.807) is 6.26 Å². The predicted molar refractivity (Wildman–Crippen MR) is 128 cm³/mol. The maximum absolute atomic E-state index is 12.8. The second kappa shape index (κ2) is 10.3. The van der Waals surface area contributed by atoms with Crippen LogP contribution in [0.25, 0.3) is 11.6 Å². The molecule has 4 aromatic rings. The van der Waals surface area contributed by atoms with E-state index in [0.29, 0.717) is 22.7 Å². The van der Waals surface area contributed by atoms with Crippen LogP contribution in [-0.4, -0.2) is 26.4 Å². The lowest BCUT2D eigenvalue weighted by molar-refractivity contribution is -0.113. The van der Waals surface area contributed by atoms with Crippen molar-refractivity contribution in [3.63, 3.8) is 0 Å². The highest BCUT2D eigenvalue weighted by molar-refractivity contribution is 7.99. The Kier molecular flexibility index (Phi) is 7.07. The maximum atomic E-state index is 12.8. The van der Waals surface area contributed by atoms with Gasteiger partial charge in [-0.05, 0) is 41.7 Å². The first-order chi connectivity index (χ1) is 15.6. The van der Waals surface area contributed by atoms with E-state index in [2.05, 4.69) is 41.5 Å². The van der Waals surface area contributed by atoms with Crippen LogP contribution in [0.5, 0.6) is 0 Å². The van der Waals surface area contributed by atoms with Gasteiger partial charge in [0.1, 0.15) is 0 Å². The van der Waals surface area contributed by atoms with Gasteiger partial charge in [0, 0.05) is 12.2 Å². The number of hydrogen-bond acceptors (Lipinski definition) is 5. The Balaban J connectivity index is 1.44. The zero-order chi connectivity index (χ0) is 22.3. The van der Waals surface area contributed by atoms with E-state index in [0.717, 1.165) is 24.2 Å². The third-order valence-electron chi connectivity index (χ3n) is 4.87. The minimum absolute atomic E-state index is 0.0749. The fourth-order valence-corrected chi connectivity index (χ4v) is 4.19. The van der Waals surface area contributed by atoms with Crippen LogP contribution in [0.2, 0.25) is 0 Å². The van der Waals surface area contributed by atoms with Crippen LogP contribution < -0.4 is 5.32 Å². The molecule has 2 aromatic heterocycles.